The monoisotopic (exact) mass is 321 g/mol. The molecule has 1 fully saturated rings. The molecule has 100 valence electrons. The topological polar surface area (TPSA) is 42.2 Å². The van der Waals surface area contributed by atoms with Gasteiger partial charge in [-0.15, -0.1) is 0 Å². The first-order valence-corrected chi connectivity index (χ1v) is 7.55. The van der Waals surface area contributed by atoms with Gasteiger partial charge in [-0.05, 0) is 37.3 Å². The lowest BCUT2D eigenvalue weighted by atomic mass is 10.1. The van der Waals surface area contributed by atoms with E-state index in [4.69, 9.17) is 4.42 Å². The van der Waals surface area contributed by atoms with E-state index in [1.165, 1.54) is 12.8 Å². The molecule has 1 aliphatic rings. The fourth-order valence-electron chi connectivity index (χ4n) is 2.62. The fourth-order valence-corrected chi connectivity index (χ4v) is 3.41. The molecule has 4 heteroatoms. The third-order valence-electron chi connectivity index (χ3n) is 3.68. The number of rotatable bonds is 3. The van der Waals surface area contributed by atoms with Gasteiger partial charge >= 0.3 is 0 Å². The summed E-state index contributed by atoms with van der Waals surface area (Å²) in [6, 6.07) is 9.46. The normalized spacial score (nSPS) is 22.8. The predicted octanol–water partition coefficient (Wildman–Crippen LogP) is 3.73. The van der Waals surface area contributed by atoms with Gasteiger partial charge in [0, 0.05) is 16.8 Å². The smallest absolute Gasteiger partial charge is 0.287 e. The summed E-state index contributed by atoms with van der Waals surface area (Å²) in [5.74, 6) is 0.863. The molecule has 0 spiro atoms. The van der Waals surface area contributed by atoms with E-state index in [2.05, 4.69) is 21.2 Å². The highest BCUT2D eigenvalue weighted by atomic mass is 79.9. The predicted molar refractivity (Wildman–Crippen MR) is 78.6 cm³/mol. The molecule has 19 heavy (non-hydrogen) atoms. The second-order valence-electron chi connectivity index (χ2n) is 5.13. The number of halogens is 1. The number of benzene rings is 1. The van der Waals surface area contributed by atoms with Crippen LogP contribution in [-0.4, -0.2) is 17.3 Å². The summed E-state index contributed by atoms with van der Waals surface area (Å²) in [5.41, 5.74) is 0.758. The summed E-state index contributed by atoms with van der Waals surface area (Å²) in [6.45, 7) is 0.734. The van der Waals surface area contributed by atoms with E-state index in [-0.39, 0.29) is 5.91 Å². The Morgan fingerprint density at radius 3 is 2.95 bits per heavy atom. The summed E-state index contributed by atoms with van der Waals surface area (Å²) in [7, 11) is 0. The van der Waals surface area contributed by atoms with E-state index in [0.717, 1.165) is 23.9 Å². The molecule has 0 bridgehead atoms. The van der Waals surface area contributed by atoms with Crippen molar-refractivity contribution < 1.29 is 9.21 Å². The Kier molecular flexibility index (Phi) is 3.60. The van der Waals surface area contributed by atoms with E-state index in [0.29, 0.717) is 16.5 Å². The standard InChI is InChI=1S/C15H16BrNO2/c16-12-6-5-10(7-12)9-17-15(18)14-8-11-3-1-2-4-13(11)19-14/h1-4,8,10,12H,5-7,9H2,(H,17,18). The molecule has 3 rings (SSSR count). The summed E-state index contributed by atoms with van der Waals surface area (Å²) in [6.07, 6.45) is 3.52. The highest BCUT2D eigenvalue weighted by Gasteiger charge is 2.23. The number of nitrogens with one attached hydrogen (secondary N) is 1. The maximum absolute atomic E-state index is 12.0. The third-order valence-corrected chi connectivity index (χ3v) is 4.51. The van der Waals surface area contributed by atoms with Crippen LogP contribution in [0, 0.1) is 5.92 Å². The lowest BCUT2D eigenvalue weighted by molar-refractivity contribution is 0.0922. The lowest BCUT2D eigenvalue weighted by Crippen LogP contribution is -2.28. The fraction of sp³-hybridized carbons (Fsp3) is 0.400. The van der Waals surface area contributed by atoms with E-state index in [9.17, 15) is 4.79 Å². The van der Waals surface area contributed by atoms with Crippen LogP contribution in [0.4, 0.5) is 0 Å². The molecule has 0 radical (unpaired) electrons. The molecule has 1 aliphatic carbocycles. The molecule has 3 nitrogen and oxygen atoms in total. The van der Waals surface area contributed by atoms with E-state index >= 15 is 0 Å². The Balaban J connectivity index is 1.63. The molecule has 2 aromatic rings. The van der Waals surface area contributed by atoms with Gasteiger partial charge in [-0.3, -0.25) is 4.79 Å². The van der Waals surface area contributed by atoms with Crippen molar-refractivity contribution in [3.05, 3.63) is 36.1 Å². The average Bonchev–Trinajstić information content (AvgIpc) is 3.01. The van der Waals surface area contributed by atoms with Crippen LogP contribution in [0.1, 0.15) is 29.8 Å². The largest absolute Gasteiger partial charge is 0.451 e. The zero-order valence-electron chi connectivity index (χ0n) is 10.6. The highest BCUT2D eigenvalue weighted by molar-refractivity contribution is 9.09. The van der Waals surface area contributed by atoms with Gasteiger partial charge in [-0.1, -0.05) is 34.1 Å². The maximum atomic E-state index is 12.0. The Hall–Kier alpha value is -1.29. The molecule has 1 aromatic carbocycles. The Bertz CT molecular complexity index is 560. The number of hydrogen-bond acceptors (Lipinski definition) is 2. The van der Waals surface area contributed by atoms with Crippen LogP contribution >= 0.6 is 15.9 Å². The first kappa shape index (κ1) is 12.7. The van der Waals surface area contributed by atoms with Gasteiger partial charge in [0.15, 0.2) is 5.76 Å². The molecular weight excluding hydrogens is 306 g/mol. The first-order valence-electron chi connectivity index (χ1n) is 6.63. The van der Waals surface area contributed by atoms with Crippen LogP contribution in [0.2, 0.25) is 0 Å². The summed E-state index contributed by atoms with van der Waals surface area (Å²) in [5, 5.41) is 3.94. The molecule has 1 N–H and O–H groups in total. The summed E-state index contributed by atoms with van der Waals surface area (Å²) >= 11 is 3.62. The Labute approximate surface area is 120 Å². The van der Waals surface area contributed by atoms with Crippen LogP contribution < -0.4 is 5.32 Å². The van der Waals surface area contributed by atoms with Crippen LogP contribution in [0.15, 0.2) is 34.7 Å². The van der Waals surface area contributed by atoms with Crippen molar-refractivity contribution in [2.75, 3.05) is 6.54 Å². The molecule has 1 amide bonds. The number of fused-ring (bicyclic) bond motifs is 1. The molecule has 1 heterocycles. The second kappa shape index (κ2) is 5.37. The van der Waals surface area contributed by atoms with E-state index in [1.807, 2.05) is 24.3 Å². The Morgan fingerprint density at radius 2 is 2.21 bits per heavy atom. The SMILES string of the molecule is O=C(NCC1CCC(Br)C1)c1cc2ccccc2o1. The highest BCUT2D eigenvalue weighted by Crippen LogP contribution is 2.30. The van der Waals surface area contributed by atoms with E-state index < -0.39 is 0 Å². The van der Waals surface area contributed by atoms with Gasteiger partial charge in [0.2, 0.25) is 0 Å². The zero-order valence-corrected chi connectivity index (χ0v) is 12.2. The summed E-state index contributed by atoms with van der Waals surface area (Å²) < 4.78 is 5.54. The Morgan fingerprint density at radius 1 is 1.37 bits per heavy atom. The van der Waals surface area contributed by atoms with Crippen molar-refractivity contribution in [3.8, 4) is 0 Å². The number of furan rings is 1. The van der Waals surface area contributed by atoms with Gasteiger partial charge in [0.1, 0.15) is 5.58 Å². The molecule has 0 saturated heterocycles. The van der Waals surface area contributed by atoms with Gasteiger partial charge in [-0.2, -0.15) is 0 Å². The first-order chi connectivity index (χ1) is 9.22. The van der Waals surface area contributed by atoms with Gasteiger partial charge in [0.25, 0.3) is 5.91 Å². The van der Waals surface area contributed by atoms with Crippen LogP contribution in [0.25, 0.3) is 11.0 Å². The summed E-state index contributed by atoms with van der Waals surface area (Å²) in [4.78, 5) is 12.6. The minimum absolute atomic E-state index is 0.116. The number of amides is 1. The lowest BCUT2D eigenvalue weighted by Gasteiger charge is -2.09. The zero-order chi connectivity index (χ0) is 13.2. The van der Waals surface area contributed by atoms with Crippen molar-refractivity contribution in [1.29, 1.82) is 0 Å². The number of carbonyl (C=O) groups excluding carboxylic acids is 1. The average molecular weight is 322 g/mol. The molecular formula is C15H16BrNO2. The minimum Gasteiger partial charge on any atom is -0.451 e. The van der Waals surface area contributed by atoms with Gasteiger partial charge < -0.3 is 9.73 Å². The van der Waals surface area contributed by atoms with Crippen LogP contribution in [-0.2, 0) is 0 Å². The number of alkyl halides is 1. The molecule has 0 aliphatic heterocycles. The minimum atomic E-state index is -0.116. The maximum Gasteiger partial charge on any atom is 0.287 e. The van der Waals surface area contributed by atoms with Crippen LogP contribution in [0.3, 0.4) is 0 Å². The van der Waals surface area contributed by atoms with Crippen LogP contribution in [0.5, 0.6) is 0 Å². The number of para-hydroxylation sites is 1. The molecule has 1 aromatic heterocycles. The number of carbonyl (C=O) groups is 1. The van der Waals surface area contributed by atoms with Gasteiger partial charge in [-0.25, -0.2) is 0 Å². The third kappa shape index (κ3) is 2.84. The molecule has 1 saturated carbocycles. The van der Waals surface area contributed by atoms with Crippen molar-refractivity contribution in [2.24, 2.45) is 5.92 Å². The number of hydrogen-bond donors (Lipinski definition) is 1. The van der Waals surface area contributed by atoms with Crippen molar-refractivity contribution in [1.82, 2.24) is 5.32 Å². The second-order valence-corrected chi connectivity index (χ2v) is 6.43. The van der Waals surface area contributed by atoms with Crippen molar-refractivity contribution in [3.63, 3.8) is 0 Å². The quantitative estimate of drug-likeness (QED) is 0.875. The van der Waals surface area contributed by atoms with Crippen molar-refractivity contribution in [2.45, 2.75) is 24.1 Å². The van der Waals surface area contributed by atoms with Crippen molar-refractivity contribution >= 4 is 32.8 Å². The molecule has 2 atom stereocenters. The molecule has 2 unspecified atom stereocenters. The van der Waals surface area contributed by atoms with E-state index in [1.54, 1.807) is 6.07 Å². The van der Waals surface area contributed by atoms with Gasteiger partial charge in [0.05, 0.1) is 0 Å².